The Morgan fingerprint density at radius 3 is 2.89 bits per heavy atom. The third-order valence-corrected chi connectivity index (χ3v) is 3.43. The van der Waals surface area contributed by atoms with Crippen LogP contribution in [0.5, 0.6) is 0 Å². The van der Waals surface area contributed by atoms with Crippen LogP contribution in [0.15, 0.2) is 33.2 Å². The van der Waals surface area contributed by atoms with Crippen LogP contribution in [0.25, 0.3) is 11.0 Å². The van der Waals surface area contributed by atoms with Crippen molar-refractivity contribution in [1.82, 2.24) is 4.90 Å². The highest BCUT2D eigenvalue weighted by molar-refractivity contribution is 9.10. The summed E-state index contributed by atoms with van der Waals surface area (Å²) in [7, 11) is 1.65. The van der Waals surface area contributed by atoms with E-state index >= 15 is 0 Å². The molecule has 18 heavy (non-hydrogen) atoms. The molecule has 0 aliphatic rings. The average Bonchev–Trinajstić information content (AvgIpc) is 2.78. The van der Waals surface area contributed by atoms with E-state index in [1.165, 1.54) is 4.90 Å². The lowest BCUT2D eigenvalue weighted by Crippen LogP contribution is -2.37. The van der Waals surface area contributed by atoms with Crippen molar-refractivity contribution in [1.29, 1.82) is 0 Å². The van der Waals surface area contributed by atoms with Gasteiger partial charge in [-0.2, -0.15) is 0 Å². The molecule has 96 valence electrons. The van der Waals surface area contributed by atoms with Crippen molar-refractivity contribution in [2.45, 2.75) is 13.0 Å². The zero-order valence-electron chi connectivity index (χ0n) is 10.2. The van der Waals surface area contributed by atoms with Gasteiger partial charge in [-0.1, -0.05) is 15.9 Å². The molecule has 1 aromatic carbocycles. The van der Waals surface area contributed by atoms with Gasteiger partial charge >= 0.3 is 0 Å². The number of hydrogen-bond donors (Lipinski definition) is 1. The number of aliphatic hydroxyl groups is 1. The van der Waals surface area contributed by atoms with Crippen LogP contribution in [0.4, 0.5) is 0 Å². The van der Waals surface area contributed by atoms with E-state index in [0.29, 0.717) is 5.58 Å². The predicted molar refractivity (Wildman–Crippen MR) is 72.6 cm³/mol. The van der Waals surface area contributed by atoms with Gasteiger partial charge in [-0.25, -0.2) is 0 Å². The molecule has 1 atom stereocenters. The minimum absolute atomic E-state index is 0.0754. The minimum atomic E-state index is -0.238. The van der Waals surface area contributed by atoms with Crippen LogP contribution in [0, 0.1) is 0 Å². The molecule has 1 N–H and O–H groups in total. The van der Waals surface area contributed by atoms with Crippen LogP contribution in [0.1, 0.15) is 17.5 Å². The number of benzene rings is 1. The first kappa shape index (κ1) is 13.1. The fraction of sp³-hybridized carbons (Fsp3) is 0.308. The molecule has 1 aromatic heterocycles. The molecule has 2 rings (SSSR count). The summed E-state index contributed by atoms with van der Waals surface area (Å²) >= 11 is 3.37. The smallest absolute Gasteiger partial charge is 0.289 e. The van der Waals surface area contributed by atoms with E-state index in [1.54, 1.807) is 20.0 Å². The first-order valence-corrected chi connectivity index (χ1v) is 6.39. The molecule has 0 aliphatic carbocycles. The molecule has 1 heterocycles. The van der Waals surface area contributed by atoms with Crippen LogP contribution in [0.2, 0.25) is 0 Å². The Morgan fingerprint density at radius 1 is 1.50 bits per heavy atom. The molecule has 0 spiro atoms. The van der Waals surface area contributed by atoms with Crippen molar-refractivity contribution < 1.29 is 14.3 Å². The molecule has 0 aliphatic heterocycles. The second-order valence-corrected chi connectivity index (χ2v) is 5.16. The second kappa shape index (κ2) is 5.12. The number of nitrogens with zero attached hydrogens (tertiary/aromatic N) is 1. The summed E-state index contributed by atoms with van der Waals surface area (Å²) < 4.78 is 6.44. The Balaban J connectivity index is 2.33. The lowest BCUT2D eigenvalue weighted by Gasteiger charge is -2.21. The summed E-state index contributed by atoms with van der Waals surface area (Å²) in [5.74, 6) is 0.0507. The summed E-state index contributed by atoms with van der Waals surface area (Å²) in [4.78, 5) is 13.6. The number of furan rings is 1. The normalized spacial score (nSPS) is 12.7. The summed E-state index contributed by atoms with van der Waals surface area (Å²) in [5.41, 5.74) is 0.673. The summed E-state index contributed by atoms with van der Waals surface area (Å²) in [6.07, 6.45) is 0. The predicted octanol–water partition coefficient (Wildman–Crippen LogP) is 2.65. The molecule has 1 unspecified atom stereocenters. The van der Waals surface area contributed by atoms with E-state index in [-0.39, 0.29) is 24.3 Å². The van der Waals surface area contributed by atoms with Gasteiger partial charge in [0.25, 0.3) is 5.91 Å². The Labute approximate surface area is 113 Å². The van der Waals surface area contributed by atoms with Crippen molar-refractivity contribution >= 4 is 32.8 Å². The standard InChI is InChI=1S/C13H14BrNO3/c1-8(7-16)15(2)13(17)12-6-9-5-10(14)3-4-11(9)18-12/h3-6,8,16H,7H2,1-2H3. The molecular weight excluding hydrogens is 298 g/mol. The monoisotopic (exact) mass is 311 g/mol. The van der Waals surface area contributed by atoms with Crippen molar-refractivity contribution in [3.8, 4) is 0 Å². The number of carbonyl (C=O) groups is 1. The number of carbonyl (C=O) groups excluding carboxylic acids is 1. The number of halogens is 1. The van der Waals surface area contributed by atoms with Crippen molar-refractivity contribution in [2.75, 3.05) is 13.7 Å². The fourth-order valence-corrected chi connectivity index (χ4v) is 1.99. The average molecular weight is 312 g/mol. The Hall–Kier alpha value is -1.33. The van der Waals surface area contributed by atoms with Crippen LogP contribution < -0.4 is 0 Å². The molecule has 0 bridgehead atoms. The number of hydrogen-bond acceptors (Lipinski definition) is 3. The number of rotatable bonds is 3. The number of aliphatic hydroxyl groups excluding tert-OH is 1. The van der Waals surface area contributed by atoms with E-state index in [1.807, 2.05) is 18.2 Å². The Kier molecular flexibility index (Phi) is 3.73. The van der Waals surface area contributed by atoms with E-state index in [4.69, 9.17) is 9.52 Å². The highest BCUT2D eigenvalue weighted by Crippen LogP contribution is 2.24. The van der Waals surface area contributed by atoms with E-state index < -0.39 is 0 Å². The minimum Gasteiger partial charge on any atom is -0.451 e. The molecule has 0 radical (unpaired) electrons. The zero-order valence-corrected chi connectivity index (χ0v) is 11.8. The SMILES string of the molecule is CC(CO)N(C)C(=O)c1cc2cc(Br)ccc2o1. The van der Waals surface area contributed by atoms with Crippen LogP contribution in [-0.2, 0) is 0 Å². The van der Waals surface area contributed by atoms with Gasteiger partial charge in [0.2, 0.25) is 0 Å². The second-order valence-electron chi connectivity index (χ2n) is 4.24. The topological polar surface area (TPSA) is 53.7 Å². The fourth-order valence-electron chi connectivity index (χ4n) is 1.62. The molecular formula is C13H14BrNO3. The van der Waals surface area contributed by atoms with Gasteiger partial charge in [0.1, 0.15) is 5.58 Å². The van der Waals surface area contributed by atoms with Gasteiger partial charge in [-0.15, -0.1) is 0 Å². The van der Waals surface area contributed by atoms with Gasteiger partial charge in [-0.3, -0.25) is 4.79 Å². The third kappa shape index (κ3) is 2.42. The highest BCUT2D eigenvalue weighted by Gasteiger charge is 2.20. The Morgan fingerprint density at radius 2 is 2.22 bits per heavy atom. The van der Waals surface area contributed by atoms with E-state index in [0.717, 1.165) is 9.86 Å². The van der Waals surface area contributed by atoms with Crippen LogP contribution >= 0.6 is 15.9 Å². The lowest BCUT2D eigenvalue weighted by atomic mass is 10.2. The molecule has 0 fully saturated rings. The quantitative estimate of drug-likeness (QED) is 0.948. The first-order chi connectivity index (χ1) is 8.52. The summed E-state index contributed by atoms with van der Waals surface area (Å²) in [6.45, 7) is 1.70. The van der Waals surface area contributed by atoms with Gasteiger partial charge < -0.3 is 14.4 Å². The van der Waals surface area contributed by atoms with E-state index in [9.17, 15) is 4.79 Å². The molecule has 4 nitrogen and oxygen atoms in total. The van der Waals surface area contributed by atoms with Crippen LogP contribution in [0.3, 0.4) is 0 Å². The van der Waals surface area contributed by atoms with Gasteiger partial charge in [0.05, 0.1) is 12.6 Å². The largest absolute Gasteiger partial charge is 0.451 e. The van der Waals surface area contributed by atoms with Crippen molar-refractivity contribution in [3.63, 3.8) is 0 Å². The summed E-state index contributed by atoms with van der Waals surface area (Å²) in [6, 6.07) is 7.04. The van der Waals surface area contributed by atoms with Gasteiger partial charge in [-0.05, 0) is 31.2 Å². The molecule has 0 saturated heterocycles. The van der Waals surface area contributed by atoms with Crippen molar-refractivity contribution in [2.24, 2.45) is 0 Å². The number of likely N-dealkylation sites (N-methyl/N-ethyl adjacent to an activating group) is 1. The van der Waals surface area contributed by atoms with Gasteiger partial charge in [0.15, 0.2) is 5.76 Å². The molecule has 1 amide bonds. The third-order valence-electron chi connectivity index (χ3n) is 2.93. The van der Waals surface area contributed by atoms with Crippen molar-refractivity contribution in [3.05, 3.63) is 34.5 Å². The molecule has 5 heteroatoms. The highest BCUT2D eigenvalue weighted by atomic mass is 79.9. The number of fused-ring (bicyclic) bond motifs is 1. The maximum Gasteiger partial charge on any atom is 0.289 e. The molecule has 0 saturated carbocycles. The zero-order chi connectivity index (χ0) is 13.3. The lowest BCUT2D eigenvalue weighted by molar-refractivity contribution is 0.0653. The Bertz CT molecular complexity index is 579. The number of amides is 1. The van der Waals surface area contributed by atoms with Gasteiger partial charge in [0, 0.05) is 16.9 Å². The summed E-state index contributed by atoms with van der Waals surface area (Å²) in [5, 5.41) is 9.92. The maximum absolute atomic E-state index is 12.1. The first-order valence-electron chi connectivity index (χ1n) is 5.60. The van der Waals surface area contributed by atoms with E-state index in [2.05, 4.69) is 15.9 Å². The maximum atomic E-state index is 12.1. The van der Waals surface area contributed by atoms with Crippen LogP contribution in [-0.4, -0.2) is 35.6 Å². The molecule has 2 aromatic rings.